The fraction of sp³-hybridized carbons (Fsp3) is 0.600. The predicted molar refractivity (Wildman–Crippen MR) is 105 cm³/mol. The third kappa shape index (κ3) is 10.1. The highest BCUT2D eigenvalue weighted by molar-refractivity contribution is 5.97. The number of carboxylic acids is 2. The molecule has 1 rings (SSSR count). The topological polar surface area (TPSA) is 152 Å². The Hall–Kier alpha value is -2.08. The quantitative estimate of drug-likeness (QED) is 0.195. The van der Waals surface area contributed by atoms with Gasteiger partial charge in [-0.05, 0) is 48.9 Å². The van der Waals surface area contributed by atoms with E-state index in [1.807, 2.05) is 0 Å². The van der Waals surface area contributed by atoms with Gasteiger partial charge in [0.25, 0.3) is 0 Å². The van der Waals surface area contributed by atoms with Gasteiger partial charge in [0.15, 0.2) is 0 Å². The normalized spacial score (nSPS) is 11.0. The van der Waals surface area contributed by atoms with E-state index in [0.29, 0.717) is 38.0 Å². The maximum atomic E-state index is 11.7. The molecule has 0 aliphatic carbocycles. The summed E-state index contributed by atoms with van der Waals surface area (Å²) in [4.78, 5) is 23.4. The summed E-state index contributed by atoms with van der Waals surface area (Å²) in [7, 11) is 0. The van der Waals surface area contributed by atoms with E-state index in [4.69, 9.17) is 29.2 Å². The minimum atomic E-state index is -1.22. The van der Waals surface area contributed by atoms with Crippen LogP contribution >= 0.6 is 0 Å². The Morgan fingerprint density at radius 3 is 1.57 bits per heavy atom. The zero-order chi connectivity index (χ0) is 22.2. The van der Waals surface area contributed by atoms with Crippen molar-refractivity contribution < 1.29 is 49.0 Å². The lowest BCUT2D eigenvalue weighted by molar-refractivity contribution is -0.0558. The van der Waals surface area contributed by atoms with Crippen LogP contribution in [0.2, 0.25) is 0 Å². The highest BCUT2D eigenvalue weighted by Gasteiger charge is 2.20. The van der Waals surface area contributed by atoms with Crippen molar-refractivity contribution in [2.24, 2.45) is 0 Å². The van der Waals surface area contributed by atoms with Crippen LogP contribution in [0.15, 0.2) is 12.1 Å². The Bertz CT molecular complexity index is 611. The molecule has 1 aromatic rings. The van der Waals surface area contributed by atoms with Gasteiger partial charge in [-0.3, -0.25) is 0 Å². The second-order valence-electron chi connectivity index (χ2n) is 6.30. The van der Waals surface area contributed by atoms with Crippen LogP contribution in [0.3, 0.4) is 0 Å². The molecule has 0 fully saturated rings. The fourth-order valence-corrected chi connectivity index (χ4v) is 2.58. The Labute approximate surface area is 174 Å². The van der Waals surface area contributed by atoms with Gasteiger partial charge >= 0.3 is 11.9 Å². The summed E-state index contributed by atoms with van der Waals surface area (Å²) < 4.78 is 20.8. The number of aliphatic hydroxyl groups excluding tert-OH is 2. The predicted octanol–water partition coefficient (Wildman–Crippen LogP) is 0.914. The standard InChI is InChI=1S/C20H30O10/c21-5-1-7-27-13-29-9-3-15-11-17(19(23)24)16(18(12-15)20(25)26)4-10-30-14-28-8-2-6-22/h11-12,21-22H,1-10,13-14H2,(H,23,24)(H,25,26). The first-order valence-electron chi connectivity index (χ1n) is 9.66. The molecule has 0 aliphatic heterocycles. The molecule has 0 spiro atoms. The van der Waals surface area contributed by atoms with Crippen LogP contribution in [0.4, 0.5) is 0 Å². The molecule has 0 atom stereocenters. The lowest BCUT2D eigenvalue weighted by Gasteiger charge is -2.14. The molecule has 10 heteroatoms. The van der Waals surface area contributed by atoms with Crippen molar-refractivity contribution in [1.29, 1.82) is 0 Å². The van der Waals surface area contributed by atoms with E-state index in [1.165, 1.54) is 12.1 Å². The highest BCUT2D eigenvalue weighted by Crippen LogP contribution is 2.20. The average Bonchev–Trinajstić information content (AvgIpc) is 2.72. The zero-order valence-corrected chi connectivity index (χ0v) is 16.9. The number of benzene rings is 1. The number of hydrogen-bond donors (Lipinski definition) is 4. The van der Waals surface area contributed by atoms with E-state index in [9.17, 15) is 19.8 Å². The van der Waals surface area contributed by atoms with Crippen LogP contribution < -0.4 is 0 Å². The van der Waals surface area contributed by atoms with E-state index in [1.54, 1.807) is 0 Å². The first kappa shape index (κ1) is 26.0. The summed E-state index contributed by atoms with van der Waals surface area (Å²) in [6.07, 6.45) is 1.41. The highest BCUT2D eigenvalue weighted by atomic mass is 16.7. The first-order valence-corrected chi connectivity index (χ1v) is 9.66. The van der Waals surface area contributed by atoms with E-state index >= 15 is 0 Å². The number of carboxylic acid groups (broad SMARTS) is 2. The first-order chi connectivity index (χ1) is 14.5. The molecule has 0 amide bonds. The smallest absolute Gasteiger partial charge is 0.335 e. The van der Waals surface area contributed by atoms with Gasteiger partial charge in [0.1, 0.15) is 13.6 Å². The zero-order valence-electron chi connectivity index (χ0n) is 16.9. The Kier molecular flexibility index (Phi) is 13.6. The second kappa shape index (κ2) is 15.7. The minimum absolute atomic E-state index is 0.0120. The molecule has 10 nitrogen and oxygen atoms in total. The molecule has 30 heavy (non-hydrogen) atoms. The Morgan fingerprint density at radius 2 is 1.13 bits per heavy atom. The number of aromatic carboxylic acids is 2. The van der Waals surface area contributed by atoms with E-state index in [-0.39, 0.29) is 63.1 Å². The van der Waals surface area contributed by atoms with Crippen molar-refractivity contribution in [1.82, 2.24) is 0 Å². The van der Waals surface area contributed by atoms with Gasteiger partial charge in [-0.1, -0.05) is 0 Å². The molecule has 0 radical (unpaired) electrons. The number of aliphatic hydroxyl groups is 2. The van der Waals surface area contributed by atoms with Gasteiger partial charge < -0.3 is 39.4 Å². The molecular formula is C20H30O10. The maximum Gasteiger partial charge on any atom is 0.335 e. The molecule has 0 unspecified atom stereocenters. The number of ether oxygens (including phenoxy) is 4. The molecule has 0 aromatic heterocycles. The van der Waals surface area contributed by atoms with Crippen LogP contribution in [-0.2, 0) is 31.8 Å². The van der Waals surface area contributed by atoms with Crippen LogP contribution in [0.1, 0.15) is 44.7 Å². The summed E-state index contributed by atoms with van der Waals surface area (Å²) in [5.41, 5.74) is 0.530. The molecular weight excluding hydrogens is 400 g/mol. The van der Waals surface area contributed by atoms with Gasteiger partial charge in [0, 0.05) is 13.2 Å². The molecule has 0 heterocycles. The lowest BCUT2D eigenvalue weighted by atomic mass is 9.94. The van der Waals surface area contributed by atoms with Crippen molar-refractivity contribution in [3.8, 4) is 0 Å². The Balaban J connectivity index is 2.69. The van der Waals surface area contributed by atoms with Gasteiger partial charge in [0.2, 0.25) is 0 Å². The summed E-state index contributed by atoms with van der Waals surface area (Å²) in [6.45, 7) is 1.07. The third-order valence-corrected chi connectivity index (χ3v) is 4.03. The molecule has 170 valence electrons. The van der Waals surface area contributed by atoms with Crippen LogP contribution in [0.25, 0.3) is 0 Å². The number of hydrogen-bond acceptors (Lipinski definition) is 8. The summed E-state index contributed by atoms with van der Waals surface area (Å²) in [5.74, 6) is -2.44. The molecule has 0 aliphatic rings. The van der Waals surface area contributed by atoms with Crippen molar-refractivity contribution in [3.05, 3.63) is 34.4 Å². The number of carbonyl (C=O) groups is 2. The van der Waals surface area contributed by atoms with E-state index < -0.39 is 11.9 Å². The fourth-order valence-electron chi connectivity index (χ4n) is 2.58. The molecule has 0 bridgehead atoms. The molecule has 1 aromatic carbocycles. The monoisotopic (exact) mass is 430 g/mol. The lowest BCUT2D eigenvalue weighted by Crippen LogP contribution is -2.15. The van der Waals surface area contributed by atoms with Crippen LogP contribution in [-0.4, -0.2) is 85.6 Å². The van der Waals surface area contributed by atoms with Crippen LogP contribution in [0, 0.1) is 0 Å². The van der Waals surface area contributed by atoms with E-state index in [2.05, 4.69) is 0 Å². The van der Waals surface area contributed by atoms with E-state index in [0.717, 1.165) is 0 Å². The maximum absolute atomic E-state index is 11.7. The van der Waals surface area contributed by atoms with Crippen molar-refractivity contribution >= 4 is 11.9 Å². The SMILES string of the molecule is O=C(O)c1cc(CCOCOCCCO)cc(C(=O)O)c1CCOCOCCCO. The molecule has 4 N–H and O–H groups in total. The van der Waals surface area contributed by atoms with Gasteiger partial charge in [-0.15, -0.1) is 0 Å². The van der Waals surface area contributed by atoms with Gasteiger partial charge in [0.05, 0.1) is 37.6 Å². The Morgan fingerprint density at radius 1 is 0.700 bits per heavy atom. The average molecular weight is 430 g/mol. The molecule has 0 saturated carbocycles. The van der Waals surface area contributed by atoms with Gasteiger partial charge in [-0.2, -0.15) is 0 Å². The van der Waals surface area contributed by atoms with Crippen molar-refractivity contribution in [2.45, 2.75) is 25.7 Å². The summed E-state index contributed by atoms with van der Waals surface area (Å²) in [5, 5.41) is 36.4. The number of rotatable bonds is 18. The summed E-state index contributed by atoms with van der Waals surface area (Å²) in [6, 6.07) is 2.88. The third-order valence-electron chi connectivity index (χ3n) is 4.03. The second-order valence-corrected chi connectivity index (χ2v) is 6.30. The van der Waals surface area contributed by atoms with Crippen LogP contribution in [0.5, 0.6) is 0 Å². The minimum Gasteiger partial charge on any atom is -0.478 e. The van der Waals surface area contributed by atoms with Crippen molar-refractivity contribution in [3.63, 3.8) is 0 Å². The van der Waals surface area contributed by atoms with Gasteiger partial charge in [-0.25, -0.2) is 9.59 Å². The largest absolute Gasteiger partial charge is 0.478 e. The molecule has 0 saturated heterocycles. The van der Waals surface area contributed by atoms with Crippen molar-refractivity contribution in [2.75, 3.05) is 53.2 Å². The summed E-state index contributed by atoms with van der Waals surface area (Å²) >= 11 is 0.